The van der Waals surface area contributed by atoms with Crippen LogP contribution in [0, 0.1) is 0 Å². The van der Waals surface area contributed by atoms with Crippen LogP contribution < -0.4 is 0 Å². The summed E-state index contributed by atoms with van der Waals surface area (Å²) in [4.78, 5) is 37.4. The first kappa shape index (κ1) is 60.1. The van der Waals surface area contributed by atoms with Gasteiger partial charge in [0.15, 0.2) is 6.10 Å². The summed E-state index contributed by atoms with van der Waals surface area (Å²) in [5, 5.41) is 0. The first-order chi connectivity index (χ1) is 31.0. The van der Waals surface area contributed by atoms with Gasteiger partial charge in [0.2, 0.25) is 0 Å². The molecule has 1 unspecified atom stereocenters. The maximum atomic E-state index is 12.5. The average molecular weight is 881 g/mol. The number of hydrogen-bond acceptors (Lipinski definition) is 6. The van der Waals surface area contributed by atoms with Crippen molar-refractivity contribution in [3.05, 3.63) is 60.8 Å². The van der Waals surface area contributed by atoms with Crippen molar-refractivity contribution >= 4 is 17.9 Å². The lowest BCUT2D eigenvalue weighted by molar-refractivity contribution is -0.167. The topological polar surface area (TPSA) is 78.9 Å². The van der Waals surface area contributed by atoms with Gasteiger partial charge in [0.25, 0.3) is 0 Å². The van der Waals surface area contributed by atoms with Gasteiger partial charge in [-0.15, -0.1) is 0 Å². The molecule has 0 aromatic carbocycles. The van der Waals surface area contributed by atoms with E-state index in [2.05, 4.69) is 81.5 Å². The van der Waals surface area contributed by atoms with Gasteiger partial charge in [0.1, 0.15) is 13.2 Å². The Morgan fingerprint density at radius 2 is 0.619 bits per heavy atom. The molecule has 0 aliphatic heterocycles. The summed E-state index contributed by atoms with van der Waals surface area (Å²) in [6.45, 7) is 6.41. The number of ether oxygens (including phenoxy) is 3. The van der Waals surface area contributed by atoms with Crippen molar-refractivity contribution in [3.63, 3.8) is 0 Å². The Bertz CT molecular complexity index is 1150. The number of carbonyl (C=O) groups is 3. The first-order valence-corrected chi connectivity index (χ1v) is 26.8. The van der Waals surface area contributed by atoms with Crippen LogP contribution in [0.1, 0.15) is 265 Å². The quantitative estimate of drug-likeness (QED) is 0.0262. The Balaban J connectivity index is 3.81. The van der Waals surface area contributed by atoms with Crippen LogP contribution in [0.2, 0.25) is 0 Å². The molecule has 0 aliphatic carbocycles. The molecule has 0 saturated carbocycles. The molecule has 0 radical (unpaired) electrons. The zero-order chi connectivity index (χ0) is 45.8. The van der Waals surface area contributed by atoms with Gasteiger partial charge >= 0.3 is 17.9 Å². The first-order valence-electron chi connectivity index (χ1n) is 26.8. The van der Waals surface area contributed by atoms with Gasteiger partial charge in [-0.1, -0.05) is 242 Å². The van der Waals surface area contributed by atoms with Crippen molar-refractivity contribution < 1.29 is 28.6 Å². The SMILES string of the molecule is CC/C=C\C/C=C\C/C=C\C/C=C\C/C=C\CCCCCCCCCCCCCCCCCCCC(=O)OCC(COC(=O)CCCCCCCC)OC(=O)CCCCCCCC. The maximum Gasteiger partial charge on any atom is 0.306 e. The number of allylic oxidation sites excluding steroid dienone is 10. The van der Waals surface area contributed by atoms with Crippen LogP contribution in [0.3, 0.4) is 0 Å². The Kier molecular flexibility index (Phi) is 49.4. The smallest absolute Gasteiger partial charge is 0.306 e. The summed E-state index contributed by atoms with van der Waals surface area (Å²) in [5.41, 5.74) is 0. The normalized spacial score (nSPS) is 12.5. The predicted molar refractivity (Wildman–Crippen MR) is 270 cm³/mol. The highest BCUT2D eigenvalue weighted by Crippen LogP contribution is 2.16. The van der Waals surface area contributed by atoms with Gasteiger partial charge in [-0.25, -0.2) is 0 Å². The Hall–Kier alpha value is -2.89. The van der Waals surface area contributed by atoms with E-state index in [4.69, 9.17) is 14.2 Å². The van der Waals surface area contributed by atoms with Crippen molar-refractivity contribution in [2.24, 2.45) is 0 Å². The Morgan fingerprint density at radius 3 is 0.968 bits per heavy atom. The van der Waals surface area contributed by atoms with Crippen LogP contribution in [0.15, 0.2) is 60.8 Å². The number of carbonyl (C=O) groups excluding carboxylic acids is 3. The van der Waals surface area contributed by atoms with E-state index in [9.17, 15) is 14.4 Å². The summed E-state index contributed by atoms with van der Waals surface area (Å²) in [6, 6.07) is 0. The van der Waals surface area contributed by atoms with Gasteiger partial charge < -0.3 is 14.2 Å². The molecule has 6 nitrogen and oxygen atoms in total. The van der Waals surface area contributed by atoms with Crippen LogP contribution in [0.5, 0.6) is 0 Å². The molecule has 364 valence electrons. The lowest BCUT2D eigenvalue weighted by Gasteiger charge is -2.18. The van der Waals surface area contributed by atoms with Crippen LogP contribution in [-0.4, -0.2) is 37.2 Å². The molecule has 6 heteroatoms. The highest BCUT2D eigenvalue weighted by molar-refractivity contribution is 5.71. The van der Waals surface area contributed by atoms with Gasteiger partial charge in [0.05, 0.1) is 0 Å². The highest BCUT2D eigenvalue weighted by Gasteiger charge is 2.19. The summed E-state index contributed by atoms with van der Waals surface area (Å²) in [7, 11) is 0. The minimum Gasteiger partial charge on any atom is -0.462 e. The average Bonchev–Trinajstić information content (AvgIpc) is 3.28. The van der Waals surface area contributed by atoms with Crippen molar-refractivity contribution in [3.8, 4) is 0 Å². The third-order valence-electron chi connectivity index (χ3n) is 11.5. The highest BCUT2D eigenvalue weighted by atomic mass is 16.6. The summed E-state index contributed by atoms with van der Waals surface area (Å²) in [5.74, 6) is -0.886. The zero-order valence-electron chi connectivity index (χ0n) is 41.6. The van der Waals surface area contributed by atoms with E-state index in [1.54, 1.807) is 0 Å². The molecule has 0 heterocycles. The lowest BCUT2D eigenvalue weighted by atomic mass is 10.0. The van der Waals surface area contributed by atoms with E-state index in [0.29, 0.717) is 19.3 Å². The summed E-state index contributed by atoms with van der Waals surface area (Å²) in [6.07, 6.45) is 64.3. The largest absolute Gasteiger partial charge is 0.462 e. The molecule has 0 rings (SSSR count). The molecule has 1 atom stereocenters. The Labute approximate surface area is 390 Å². The third kappa shape index (κ3) is 50.0. The van der Waals surface area contributed by atoms with Gasteiger partial charge in [-0.3, -0.25) is 14.4 Å². The second kappa shape index (κ2) is 51.7. The summed E-state index contributed by atoms with van der Waals surface area (Å²) >= 11 is 0. The molecule has 0 aromatic rings. The number of hydrogen-bond donors (Lipinski definition) is 0. The molecule has 0 fully saturated rings. The zero-order valence-corrected chi connectivity index (χ0v) is 41.6. The number of unbranched alkanes of at least 4 members (excludes halogenated alkanes) is 27. The van der Waals surface area contributed by atoms with E-state index in [1.165, 1.54) is 135 Å². The van der Waals surface area contributed by atoms with E-state index in [-0.39, 0.29) is 31.1 Å². The standard InChI is InChI=1S/C57H100O6/c1-4-7-10-13-16-17-18-19-20-21-22-23-24-25-26-27-28-29-30-31-32-33-34-35-36-37-38-39-40-41-42-45-47-50-56(59)62-53-54(63-57(60)51-48-44-15-12-9-6-3)52-61-55(58)49-46-43-14-11-8-5-2/h7,10,16-17,19-20,22-23,25-26,54H,4-6,8-9,11-15,18,21,24,27-53H2,1-3H3/b10-7-,17-16-,20-19-,23-22-,26-25-. The minimum atomic E-state index is -0.762. The van der Waals surface area contributed by atoms with Crippen molar-refractivity contribution in [2.75, 3.05) is 13.2 Å². The minimum absolute atomic E-state index is 0.0706. The number of esters is 3. The fraction of sp³-hybridized carbons (Fsp3) is 0.772. The molecule has 63 heavy (non-hydrogen) atoms. The predicted octanol–water partition coefficient (Wildman–Crippen LogP) is 17.6. The van der Waals surface area contributed by atoms with Crippen LogP contribution in [-0.2, 0) is 28.6 Å². The van der Waals surface area contributed by atoms with E-state index < -0.39 is 6.10 Å². The van der Waals surface area contributed by atoms with Crippen LogP contribution in [0.4, 0.5) is 0 Å². The van der Waals surface area contributed by atoms with E-state index in [1.807, 2.05) is 0 Å². The van der Waals surface area contributed by atoms with Gasteiger partial charge in [0, 0.05) is 19.3 Å². The fourth-order valence-corrected chi connectivity index (χ4v) is 7.53. The second-order valence-corrected chi connectivity index (χ2v) is 17.8. The molecular formula is C57H100O6. The summed E-state index contributed by atoms with van der Waals surface area (Å²) < 4.78 is 16.6. The molecule has 0 N–H and O–H groups in total. The Morgan fingerprint density at radius 1 is 0.333 bits per heavy atom. The number of rotatable bonds is 48. The van der Waals surface area contributed by atoms with Crippen LogP contribution in [0.25, 0.3) is 0 Å². The van der Waals surface area contributed by atoms with E-state index >= 15 is 0 Å². The monoisotopic (exact) mass is 881 g/mol. The molecule has 0 aromatic heterocycles. The van der Waals surface area contributed by atoms with Crippen LogP contribution >= 0.6 is 0 Å². The molecule has 0 bridgehead atoms. The molecular weight excluding hydrogens is 781 g/mol. The molecule has 0 aliphatic rings. The van der Waals surface area contributed by atoms with E-state index in [0.717, 1.165) is 89.9 Å². The third-order valence-corrected chi connectivity index (χ3v) is 11.5. The fourth-order valence-electron chi connectivity index (χ4n) is 7.53. The van der Waals surface area contributed by atoms with Gasteiger partial charge in [-0.05, 0) is 64.2 Å². The lowest BCUT2D eigenvalue weighted by Crippen LogP contribution is -2.30. The molecule has 0 spiro atoms. The van der Waals surface area contributed by atoms with Crippen molar-refractivity contribution in [2.45, 2.75) is 271 Å². The van der Waals surface area contributed by atoms with Crippen molar-refractivity contribution in [1.29, 1.82) is 0 Å². The second-order valence-electron chi connectivity index (χ2n) is 17.8. The maximum absolute atomic E-state index is 12.5. The van der Waals surface area contributed by atoms with Crippen molar-refractivity contribution in [1.82, 2.24) is 0 Å². The molecule has 0 saturated heterocycles. The molecule has 0 amide bonds. The van der Waals surface area contributed by atoms with Gasteiger partial charge in [-0.2, -0.15) is 0 Å².